The van der Waals surface area contributed by atoms with Crippen LogP contribution in [0, 0.1) is 0 Å². The van der Waals surface area contributed by atoms with Crippen LogP contribution < -0.4 is 20.7 Å². The highest BCUT2D eigenvalue weighted by molar-refractivity contribution is 6.30. The van der Waals surface area contributed by atoms with Crippen molar-refractivity contribution in [1.29, 1.82) is 0 Å². The molecule has 1 aliphatic heterocycles. The molecule has 46 heavy (non-hydrogen) atoms. The minimum absolute atomic E-state index is 0.178. The molecule has 2 heterocycles. The summed E-state index contributed by atoms with van der Waals surface area (Å²) in [6, 6.07) is 25.2. The van der Waals surface area contributed by atoms with E-state index in [1.54, 1.807) is 49.5 Å². The predicted octanol–water partition coefficient (Wildman–Crippen LogP) is 8.11. The van der Waals surface area contributed by atoms with Gasteiger partial charge < -0.3 is 25.4 Å². The van der Waals surface area contributed by atoms with E-state index in [0.717, 1.165) is 11.1 Å². The summed E-state index contributed by atoms with van der Waals surface area (Å²) in [7, 11) is 0. The Kier molecular flexibility index (Phi) is 11.0. The number of hydrogen-bond acceptors (Lipinski definition) is 6. The molecule has 3 aromatic carbocycles. The van der Waals surface area contributed by atoms with E-state index >= 15 is 0 Å². The third-order valence-corrected chi connectivity index (χ3v) is 7.52. The fourth-order valence-corrected chi connectivity index (χ4v) is 5.06. The lowest BCUT2D eigenvalue weighted by atomic mass is 9.80. The van der Waals surface area contributed by atoms with Crippen LogP contribution in [0.5, 0.6) is 5.75 Å². The summed E-state index contributed by atoms with van der Waals surface area (Å²) in [4.78, 5) is 41.1. The van der Waals surface area contributed by atoms with E-state index in [4.69, 9.17) is 16.3 Å². The van der Waals surface area contributed by atoms with Gasteiger partial charge >= 0.3 is 12.0 Å². The van der Waals surface area contributed by atoms with Gasteiger partial charge in [0.15, 0.2) is 0 Å². The minimum Gasteiger partial charge on any atom is -0.470 e. The number of halogens is 1. The minimum atomic E-state index is -1.34. The van der Waals surface area contributed by atoms with E-state index in [2.05, 4.69) is 52.5 Å². The van der Waals surface area contributed by atoms with Crippen molar-refractivity contribution in [1.82, 2.24) is 4.98 Å². The summed E-state index contributed by atoms with van der Waals surface area (Å²) in [5, 5.41) is 9.32. The molecular formula is C36H39ClN4O5. The first-order chi connectivity index (χ1) is 21.9. The number of nitrogens with zero attached hydrogens (tertiary/aromatic N) is 1. The standard InChI is InChI=1S/C32H31ClN4O3.C4H8O2/c1-31(2,3)23-19-21-16-17-32(22-9-5-4-6-10-22,29(38)37-27-11-7-8-18-34-27)40-28(21)26(20-23)36-30(39)35-25-14-12-24(33)13-15-25;1-3-6-4(2)5/h4-15,18-20H,16-17H2,1-3H3,(H,34,37,38)(H2,35,36,39);3H2,1-2H3/t32-;/m0./s1. The highest BCUT2D eigenvalue weighted by Gasteiger charge is 2.46. The number of esters is 1. The third kappa shape index (κ3) is 8.63. The number of ether oxygens (including phenoxy) is 2. The van der Waals surface area contributed by atoms with E-state index in [-0.39, 0.29) is 17.3 Å². The monoisotopic (exact) mass is 642 g/mol. The maximum absolute atomic E-state index is 13.9. The van der Waals surface area contributed by atoms with Gasteiger partial charge in [0.05, 0.1) is 12.3 Å². The average molecular weight is 643 g/mol. The molecule has 240 valence electrons. The number of benzene rings is 3. The highest BCUT2D eigenvalue weighted by Crippen LogP contribution is 2.46. The van der Waals surface area contributed by atoms with Gasteiger partial charge in [0.2, 0.25) is 5.60 Å². The Bertz CT molecular complexity index is 1660. The van der Waals surface area contributed by atoms with Crippen molar-refractivity contribution in [2.45, 2.75) is 58.5 Å². The molecule has 5 rings (SSSR count). The maximum atomic E-state index is 13.9. The molecule has 0 saturated heterocycles. The van der Waals surface area contributed by atoms with Gasteiger partial charge in [0, 0.05) is 35.8 Å². The molecule has 3 amide bonds. The number of rotatable bonds is 6. The fraction of sp³-hybridized carbons (Fsp3) is 0.278. The first kappa shape index (κ1) is 34.0. The van der Waals surface area contributed by atoms with Crippen molar-refractivity contribution in [2.75, 3.05) is 22.6 Å². The van der Waals surface area contributed by atoms with E-state index in [9.17, 15) is 14.4 Å². The third-order valence-electron chi connectivity index (χ3n) is 7.27. The first-order valence-corrected chi connectivity index (χ1v) is 15.4. The van der Waals surface area contributed by atoms with E-state index in [1.165, 1.54) is 6.92 Å². The van der Waals surface area contributed by atoms with Gasteiger partial charge in [-0.25, -0.2) is 9.78 Å². The normalized spacial score (nSPS) is 15.2. The summed E-state index contributed by atoms with van der Waals surface area (Å²) >= 11 is 5.99. The summed E-state index contributed by atoms with van der Waals surface area (Å²) in [5.74, 6) is 0.350. The molecule has 1 atom stereocenters. The number of fused-ring (bicyclic) bond motifs is 1. The Hall–Kier alpha value is -4.89. The fourth-order valence-electron chi connectivity index (χ4n) is 4.93. The molecule has 0 radical (unpaired) electrons. The zero-order chi connectivity index (χ0) is 33.3. The van der Waals surface area contributed by atoms with Crippen LogP contribution in [-0.2, 0) is 31.8 Å². The topological polar surface area (TPSA) is 119 Å². The van der Waals surface area contributed by atoms with Crippen molar-refractivity contribution in [3.63, 3.8) is 0 Å². The number of aromatic nitrogens is 1. The summed E-state index contributed by atoms with van der Waals surface area (Å²) in [6.45, 7) is 10.00. The van der Waals surface area contributed by atoms with Crippen molar-refractivity contribution in [3.8, 4) is 5.75 Å². The Morgan fingerprint density at radius 3 is 2.22 bits per heavy atom. The molecule has 0 aliphatic carbocycles. The van der Waals surface area contributed by atoms with Crippen molar-refractivity contribution < 1.29 is 23.9 Å². The molecule has 4 aromatic rings. The molecule has 1 aliphatic rings. The smallest absolute Gasteiger partial charge is 0.323 e. The maximum Gasteiger partial charge on any atom is 0.323 e. The second-order valence-corrected chi connectivity index (χ2v) is 12.2. The van der Waals surface area contributed by atoms with Crippen molar-refractivity contribution >= 4 is 46.7 Å². The van der Waals surface area contributed by atoms with Gasteiger partial charge in [-0.05, 0) is 72.4 Å². The zero-order valence-corrected chi connectivity index (χ0v) is 27.4. The molecule has 0 saturated carbocycles. The van der Waals surface area contributed by atoms with Crippen LogP contribution in [0.3, 0.4) is 0 Å². The number of amides is 3. The average Bonchev–Trinajstić information content (AvgIpc) is 3.02. The number of pyridine rings is 1. The predicted molar refractivity (Wildman–Crippen MR) is 181 cm³/mol. The van der Waals surface area contributed by atoms with Gasteiger partial charge in [-0.15, -0.1) is 0 Å². The van der Waals surface area contributed by atoms with Crippen LogP contribution in [0.4, 0.5) is 22.0 Å². The molecule has 0 spiro atoms. The lowest BCUT2D eigenvalue weighted by Crippen LogP contribution is -2.48. The molecule has 0 fully saturated rings. The lowest BCUT2D eigenvalue weighted by molar-refractivity contribution is -0.140. The quantitative estimate of drug-likeness (QED) is 0.183. The molecule has 0 bridgehead atoms. The molecular weight excluding hydrogens is 604 g/mol. The number of carbonyl (C=O) groups excluding carboxylic acids is 3. The van der Waals surface area contributed by atoms with Gasteiger partial charge in [0.25, 0.3) is 5.91 Å². The van der Waals surface area contributed by atoms with Crippen LogP contribution >= 0.6 is 11.6 Å². The Morgan fingerprint density at radius 2 is 1.63 bits per heavy atom. The Labute approximate surface area is 274 Å². The molecule has 0 unspecified atom stereocenters. The van der Waals surface area contributed by atoms with Gasteiger partial charge in [-0.3, -0.25) is 9.59 Å². The van der Waals surface area contributed by atoms with Crippen LogP contribution in [0.25, 0.3) is 0 Å². The van der Waals surface area contributed by atoms with Crippen LogP contribution in [0.2, 0.25) is 5.02 Å². The molecule has 1 aromatic heterocycles. The zero-order valence-electron chi connectivity index (χ0n) is 26.6. The van der Waals surface area contributed by atoms with Crippen LogP contribution in [0.15, 0.2) is 91.1 Å². The van der Waals surface area contributed by atoms with Gasteiger partial charge in [-0.2, -0.15) is 0 Å². The van der Waals surface area contributed by atoms with E-state index < -0.39 is 11.6 Å². The SMILES string of the molecule is CC(C)(C)c1cc2c(c(NC(=O)Nc3ccc(Cl)cc3)c1)O[C@](C(=O)Nc1ccccn1)(c1ccccc1)CC2.CCOC(C)=O. The van der Waals surface area contributed by atoms with E-state index in [1.807, 2.05) is 42.5 Å². The first-order valence-electron chi connectivity index (χ1n) is 15.0. The largest absolute Gasteiger partial charge is 0.470 e. The summed E-state index contributed by atoms with van der Waals surface area (Å²) in [5.41, 5.74) is 2.25. The molecule has 3 N–H and O–H groups in total. The summed E-state index contributed by atoms with van der Waals surface area (Å²) in [6.07, 6.45) is 2.60. The van der Waals surface area contributed by atoms with Crippen molar-refractivity contribution in [2.24, 2.45) is 0 Å². The number of nitrogens with one attached hydrogen (secondary N) is 3. The van der Waals surface area contributed by atoms with Crippen LogP contribution in [-0.4, -0.2) is 29.5 Å². The summed E-state index contributed by atoms with van der Waals surface area (Å²) < 4.78 is 11.1. The van der Waals surface area contributed by atoms with Gasteiger partial charge in [0.1, 0.15) is 11.6 Å². The highest BCUT2D eigenvalue weighted by atomic mass is 35.5. The molecule has 9 nitrogen and oxygen atoms in total. The van der Waals surface area contributed by atoms with Crippen molar-refractivity contribution in [3.05, 3.63) is 113 Å². The van der Waals surface area contributed by atoms with Gasteiger partial charge in [-0.1, -0.05) is 74.8 Å². The number of carbonyl (C=O) groups is 3. The second-order valence-electron chi connectivity index (χ2n) is 11.7. The lowest BCUT2D eigenvalue weighted by Gasteiger charge is -2.39. The number of aryl methyl sites for hydroxylation is 1. The Morgan fingerprint density at radius 1 is 0.935 bits per heavy atom. The molecule has 10 heteroatoms. The number of anilines is 3. The second kappa shape index (κ2) is 14.9. The number of urea groups is 1. The van der Waals surface area contributed by atoms with E-state index in [0.29, 0.717) is 53.0 Å². The number of hydrogen-bond donors (Lipinski definition) is 3. The Balaban J connectivity index is 0.000000731. The van der Waals surface area contributed by atoms with Crippen LogP contribution in [0.1, 0.15) is 57.7 Å².